The third-order valence-electron chi connectivity index (χ3n) is 11.8. The molecule has 6 aromatic heterocycles. The van der Waals surface area contributed by atoms with Crippen molar-refractivity contribution < 1.29 is 8.83 Å². The molecule has 13 rings (SSSR count). The van der Waals surface area contributed by atoms with E-state index in [1.54, 1.807) is 0 Å². The fourth-order valence-electron chi connectivity index (χ4n) is 9.35. The largest absolute Gasteiger partial charge is 0.456 e. The molecule has 13 aromatic rings. The number of furan rings is 2. The van der Waals surface area contributed by atoms with Gasteiger partial charge in [-0.3, -0.25) is 9.97 Å². The van der Waals surface area contributed by atoms with Crippen LogP contribution in [-0.2, 0) is 0 Å². The standard InChI is InChI=1S/C52H30N4O2/c1-2-12-31(13-3-1)34-24-25-41-49(38-16-4-7-18-40(38)55(41)33-23-26-47-39(29-33)36-15-6-8-21-45(36)57-47)48(34)32-28-44-51(54-30-32)50-42(20-11-27-53-50)56(44)43-19-10-17-37-35-14-5-9-22-46(35)58-52(37)43/h1-30H. The molecule has 0 saturated carbocycles. The van der Waals surface area contributed by atoms with Gasteiger partial charge in [0, 0.05) is 61.5 Å². The first-order valence-electron chi connectivity index (χ1n) is 19.5. The number of fused-ring (bicyclic) bond motifs is 12. The topological polar surface area (TPSA) is 61.9 Å². The molecule has 0 radical (unpaired) electrons. The number of benzene rings is 7. The van der Waals surface area contributed by atoms with Crippen molar-refractivity contribution in [2.45, 2.75) is 0 Å². The number of nitrogens with zero attached hydrogens (tertiary/aromatic N) is 4. The van der Waals surface area contributed by atoms with E-state index in [2.05, 4.69) is 149 Å². The minimum atomic E-state index is 0.828. The van der Waals surface area contributed by atoms with Crippen LogP contribution in [0, 0.1) is 0 Å². The van der Waals surface area contributed by atoms with Gasteiger partial charge in [-0.15, -0.1) is 0 Å². The number of hydrogen-bond donors (Lipinski definition) is 0. The average Bonchev–Trinajstić information content (AvgIpc) is 4.04. The van der Waals surface area contributed by atoms with Crippen molar-refractivity contribution in [3.05, 3.63) is 182 Å². The second-order valence-electron chi connectivity index (χ2n) is 14.9. The van der Waals surface area contributed by atoms with Gasteiger partial charge in [0.2, 0.25) is 0 Å². The van der Waals surface area contributed by atoms with Crippen molar-refractivity contribution in [3.63, 3.8) is 0 Å². The van der Waals surface area contributed by atoms with Crippen LogP contribution in [-0.4, -0.2) is 19.1 Å². The molecule has 0 spiro atoms. The molecule has 270 valence electrons. The molecular weight excluding hydrogens is 713 g/mol. The predicted molar refractivity (Wildman–Crippen MR) is 236 cm³/mol. The zero-order valence-electron chi connectivity index (χ0n) is 30.9. The summed E-state index contributed by atoms with van der Waals surface area (Å²) in [5.74, 6) is 0. The van der Waals surface area contributed by atoms with Gasteiger partial charge in [-0.1, -0.05) is 103 Å². The quantitative estimate of drug-likeness (QED) is 0.180. The van der Waals surface area contributed by atoms with Crippen LogP contribution in [0.4, 0.5) is 0 Å². The van der Waals surface area contributed by atoms with E-state index in [0.717, 1.165) is 121 Å². The molecule has 0 fully saturated rings. The predicted octanol–water partition coefficient (Wildman–Crippen LogP) is 13.8. The second-order valence-corrected chi connectivity index (χ2v) is 14.9. The van der Waals surface area contributed by atoms with Crippen LogP contribution in [0.25, 0.3) is 121 Å². The van der Waals surface area contributed by atoms with Gasteiger partial charge in [0.1, 0.15) is 27.8 Å². The molecule has 0 bridgehead atoms. The maximum absolute atomic E-state index is 6.62. The molecule has 0 N–H and O–H groups in total. The molecule has 0 aliphatic rings. The molecular formula is C52H30N4O2. The van der Waals surface area contributed by atoms with Crippen LogP contribution in [0.15, 0.2) is 191 Å². The molecule has 0 atom stereocenters. The summed E-state index contributed by atoms with van der Waals surface area (Å²) >= 11 is 0. The average molecular weight is 743 g/mol. The van der Waals surface area contributed by atoms with Gasteiger partial charge in [0.05, 0.1) is 27.8 Å². The summed E-state index contributed by atoms with van der Waals surface area (Å²) in [5, 5.41) is 6.69. The normalized spacial score (nSPS) is 12.1. The van der Waals surface area contributed by atoms with Crippen molar-refractivity contribution in [1.82, 2.24) is 19.1 Å². The number of hydrogen-bond acceptors (Lipinski definition) is 4. The lowest BCUT2D eigenvalue weighted by Crippen LogP contribution is -1.96. The van der Waals surface area contributed by atoms with Gasteiger partial charge in [-0.2, -0.15) is 0 Å². The summed E-state index contributed by atoms with van der Waals surface area (Å²) in [5.41, 5.74) is 15.7. The Morgan fingerprint density at radius 2 is 1.12 bits per heavy atom. The summed E-state index contributed by atoms with van der Waals surface area (Å²) in [6.07, 6.45) is 3.87. The van der Waals surface area contributed by atoms with E-state index in [0.29, 0.717) is 0 Å². The highest BCUT2D eigenvalue weighted by Gasteiger charge is 2.24. The van der Waals surface area contributed by atoms with Gasteiger partial charge in [0.25, 0.3) is 0 Å². The van der Waals surface area contributed by atoms with E-state index in [-0.39, 0.29) is 0 Å². The van der Waals surface area contributed by atoms with Crippen LogP contribution >= 0.6 is 0 Å². The van der Waals surface area contributed by atoms with Crippen LogP contribution in [0.3, 0.4) is 0 Å². The summed E-state index contributed by atoms with van der Waals surface area (Å²) in [6, 6.07) is 59.7. The molecule has 0 aliphatic heterocycles. The summed E-state index contributed by atoms with van der Waals surface area (Å²) in [7, 11) is 0. The van der Waals surface area contributed by atoms with Crippen molar-refractivity contribution in [2.24, 2.45) is 0 Å². The third kappa shape index (κ3) is 4.31. The van der Waals surface area contributed by atoms with Gasteiger partial charge in [0.15, 0.2) is 5.58 Å². The molecule has 6 heteroatoms. The van der Waals surface area contributed by atoms with Crippen molar-refractivity contribution >= 4 is 87.7 Å². The second kappa shape index (κ2) is 11.8. The fourth-order valence-corrected chi connectivity index (χ4v) is 9.35. The Morgan fingerprint density at radius 1 is 0.414 bits per heavy atom. The van der Waals surface area contributed by atoms with Gasteiger partial charge >= 0.3 is 0 Å². The minimum Gasteiger partial charge on any atom is -0.456 e. The van der Waals surface area contributed by atoms with Crippen LogP contribution in [0.1, 0.15) is 0 Å². The number of para-hydroxylation sites is 4. The van der Waals surface area contributed by atoms with E-state index in [1.165, 1.54) is 0 Å². The van der Waals surface area contributed by atoms with Gasteiger partial charge < -0.3 is 18.0 Å². The van der Waals surface area contributed by atoms with Crippen molar-refractivity contribution in [3.8, 4) is 33.6 Å². The Kier molecular flexibility index (Phi) is 6.35. The zero-order chi connectivity index (χ0) is 37.9. The molecule has 0 amide bonds. The summed E-state index contributed by atoms with van der Waals surface area (Å²) < 4.78 is 17.5. The van der Waals surface area contributed by atoms with E-state index in [9.17, 15) is 0 Å². The first-order chi connectivity index (χ1) is 28.8. The highest BCUT2D eigenvalue weighted by atomic mass is 16.3. The Morgan fingerprint density at radius 3 is 2.00 bits per heavy atom. The lowest BCUT2D eigenvalue weighted by molar-refractivity contribution is 0.666. The Balaban J connectivity index is 1.14. The Bertz CT molecular complexity index is 3810. The highest BCUT2D eigenvalue weighted by Crippen LogP contribution is 2.46. The van der Waals surface area contributed by atoms with E-state index in [4.69, 9.17) is 18.8 Å². The summed E-state index contributed by atoms with van der Waals surface area (Å²) in [4.78, 5) is 10.2. The maximum atomic E-state index is 6.62. The number of rotatable bonds is 4. The number of pyridine rings is 2. The van der Waals surface area contributed by atoms with Crippen molar-refractivity contribution in [1.29, 1.82) is 0 Å². The van der Waals surface area contributed by atoms with E-state index in [1.807, 2.05) is 42.7 Å². The van der Waals surface area contributed by atoms with Gasteiger partial charge in [-0.05, 0) is 77.9 Å². The molecule has 0 saturated heterocycles. The lowest BCUT2D eigenvalue weighted by Gasteiger charge is -2.15. The van der Waals surface area contributed by atoms with Crippen LogP contribution in [0.5, 0.6) is 0 Å². The molecule has 0 aliphatic carbocycles. The smallest absolute Gasteiger partial charge is 0.159 e. The zero-order valence-corrected chi connectivity index (χ0v) is 30.9. The molecule has 58 heavy (non-hydrogen) atoms. The summed E-state index contributed by atoms with van der Waals surface area (Å²) in [6.45, 7) is 0. The minimum absolute atomic E-state index is 0.828. The molecule has 6 nitrogen and oxygen atoms in total. The Labute approximate surface area is 330 Å². The Hall–Kier alpha value is -7.96. The third-order valence-corrected chi connectivity index (χ3v) is 11.8. The number of aromatic nitrogens is 4. The SMILES string of the molecule is c1ccc(-c2ccc3c(c2-c2cnc4c5ncccc5n(-c5cccc6c5oc5ccccc56)c4c2)c2ccccc2n3-c2ccc3oc4ccccc4c3c2)cc1. The fraction of sp³-hybridized carbons (Fsp3) is 0. The lowest BCUT2D eigenvalue weighted by atomic mass is 9.91. The van der Waals surface area contributed by atoms with Crippen molar-refractivity contribution in [2.75, 3.05) is 0 Å². The highest BCUT2D eigenvalue weighted by molar-refractivity contribution is 6.20. The first kappa shape index (κ1) is 31.3. The first-order valence-corrected chi connectivity index (χ1v) is 19.5. The monoisotopic (exact) mass is 742 g/mol. The van der Waals surface area contributed by atoms with Gasteiger partial charge in [-0.25, -0.2) is 0 Å². The molecule has 6 heterocycles. The van der Waals surface area contributed by atoms with E-state index >= 15 is 0 Å². The van der Waals surface area contributed by atoms with Crippen LogP contribution in [0.2, 0.25) is 0 Å². The maximum Gasteiger partial charge on any atom is 0.159 e. The molecule has 0 unspecified atom stereocenters. The van der Waals surface area contributed by atoms with E-state index < -0.39 is 0 Å². The van der Waals surface area contributed by atoms with Crippen LogP contribution < -0.4 is 0 Å². The molecule has 7 aromatic carbocycles.